The van der Waals surface area contributed by atoms with Gasteiger partial charge in [0.05, 0.1) is 0 Å². The number of carbonyl (C=O) groups excluding carboxylic acids is 1. The summed E-state index contributed by atoms with van der Waals surface area (Å²) in [5, 5.41) is 1.79. The fourth-order valence-corrected chi connectivity index (χ4v) is 3.57. The molecule has 0 radical (unpaired) electrons. The Balaban J connectivity index is 1.63. The molecule has 148 valence electrons. The molecule has 1 atom stereocenters. The minimum Gasteiger partial charge on any atom is -0.486 e. The molecule has 1 fully saturated rings. The topological polar surface area (TPSA) is 72.1 Å². The van der Waals surface area contributed by atoms with Crippen LogP contribution in [-0.4, -0.2) is 29.9 Å². The number of hydrogen-bond donors (Lipinski definition) is 2. The number of nitrogens with one attached hydrogen (secondary N) is 2. The number of benzene rings is 2. The minimum atomic E-state index is -0.726. The summed E-state index contributed by atoms with van der Waals surface area (Å²) in [4.78, 5) is 18.9. The lowest BCUT2D eigenvalue weighted by Crippen LogP contribution is -2.52. The highest BCUT2D eigenvalue weighted by Gasteiger charge is 2.43. The van der Waals surface area contributed by atoms with Crippen molar-refractivity contribution < 1.29 is 19.1 Å². The molecule has 1 unspecified atom stereocenters. The fourth-order valence-electron chi connectivity index (χ4n) is 3.57. The van der Waals surface area contributed by atoms with Crippen LogP contribution in [-0.2, 0) is 11.3 Å². The molecule has 0 spiro atoms. The van der Waals surface area contributed by atoms with Crippen LogP contribution in [0.4, 0.5) is 0 Å². The second kappa shape index (κ2) is 7.43. The van der Waals surface area contributed by atoms with E-state index in [2.05, 4.69) is 10.9 Å². The molecular formula is C21H25N3O4. The molecule has 0 aliphatic carbocycles. The zero-order valence-electron chi connectivity index (χ0n) is 16.3. The van der Waals surface area contributed by atoms with Crippen molar-refractivity contribution in [3.63, 3.8) is 0 Å². The molecule has 0 aromatic heterocycles. The Morgan fingerprint density at radius 1 is 1.18 bits per heavy atom. The van der Waals surface area contributed by atoms with Gasteiger partial charge in [-0.3, -0.25) is 15.1 Å². The number of carbonyl (C=O) groups is 1. The largest absolute Gasteiger partial charge is 0.486 e. The van der Waals surface area contributed by atoms with Gasteiger partial charge < -0.3 is 9.47 Å². The molecule has 7 nitrogen and oxygen atoms in total. The number of ether oxygens (including phenoxy) is 2. The van der Waals surface area contributed by atoms with Gasteiger partial charge in [0.25, 0.3) is 5.91 Å². The quantitative estimate of drug-likeness (QED) is 0.846. The van der Waals surface area contributed by atoms with Crippen LogP contribution in [0.3, 0.4) is 0 Å². The van der Waals surface area contributed by atoms with Crippen LogP contribution in [0.1, 0.15) is 48.4 Å². The lowest BCUT2D eigenvalue weighted by atomic mass is 10.0. The third kappa shape index (κ3) is 3.32. The highest BCUT2D eigenvalue weighted by atomic mass is 16.7. The Labute approximate surface area is 164 Å². The third-order valence-electron chi connectivity index (χ3n) is 5.01. The second-order valence-corrected chi connectivity index (χ2v) is 7.26. The van der Waals surface area contributed by atoms with Crippen LogP contribution in [0.5, 0.6) is 11.5 Å². The molecule has 28 heavy (non-hydrogen) atoms. The number of hydrogen-bond acceptors (Lipinski definition) is 6. The average molecular weight is 383 g/mol. The van der Waals surface area contributed by atoms with E-state index < -0.39 is 5.72 Å². The molecular weight excluding hydrogens is 358 g/mol. The molecule has 1 amide bonds. The van der Waals surface area contributed by atoms with Crippen molar-refractivity contribution in [2.45, 2.75) is 39.1 Å². The SMILES string of the molecule is CCc1c(C(=O)NN2C(c3ccccc3)NOC2(C)C)ccc2c1OCCO2. The maximum Gasteiger partial charge on any atom is 0.266 e. The Morgan fingerprint density at radius 3 is 2.68 bits per heavy atom. The van der Waals surface area contributed by atoms with E-state index in [4.69, 9.17) is 14.3 Å². The van der Waals surface area contributed by atoms with E-state index in [0.717, 1.165) is 11.1 Å². The van der Waals surface area contributed by atoms with E-state index in [0.29, 0.717) is 36.7 Å². The first-order chi connectivity index (χ1) is 13.5. The summed E-state index contributed by atoms with van der Waals surface area (Å²) in [5.74, 6) is 1.14. The van der Waals surface area contributed by atoms with Crippen LogP contribution in [0.25, 0.3) is 0 Å². The highest BCUT2D eigenvalue weighted by Crippen LogP contribution is 2.37. The minimum absolute atomic E-state index is 0.213. The summed E-state index contributed by atoms with van der Waals surface area (Å²) in [7, 11) is 0. The van der Waals surface area contributed by atoms with Gasteiger partial charge in [-0.05, 0) is 38.0 Å². The molecule has 1 saturated heterocycles. The summed E-state index contributed by atoms with van der Waals surface area (Å²) >= 11 is 0. The predicted molar refractivity (Wildman–Crippen MR) is 104 cm³/mol. The van der Waals surface area contributed by atoms with Crippen molar-refractivity contribution >= 4 is 5.91 Å². The number of nitrogens with zero attached hydrogens (tertiary/aromatic N) is 1. The normalized spacial score (nSPS) is 20.8. The summed E-state index contributed by atoms with van der Waals surface area (Å²) in [5.41, 5.74) is 7.72. The van der Waals surface area contributed by atoms with Gasteiger partial charge >= 0.3 is 0 Å². The lowest BCUT2D eigenvalue weighted by molar-refractivity contribution is -0.0968. The second-order valence-electron chi connectivity index (χ2n) is 7.26. The summed E-state index contributed by atoms with van der Waals surface area (Å²) in [6.07, 6.45) is 0.359. The third-order valence-corrected chi connectivity index (χ3v) is 5.01. The molecule has 0 saturated carbocycles. The number of hydroxylamine groups is 1. The van der Waals surface area contributed by atoms with Crippen molar-refractivity contribution in [3.05, 3.63) is 59.2 Å². The van der Waals surface area contributed by atoms with Crippen LogP contribution in [0, 0.1) is 0 Å². The standard InChI is InChI=1S/C21H25N3O4/c1-4-15-16(10-11-17-18(15)27-13-12-26-17)20(25)22-24-19(23-28-21(24,2)3)14-8-6-5-7-9-14/h5-11,19,23H,4,12-13H2,1-3H3,(H,22,25). The molecule has 0 bridgehead atoms. The van der Waals surface area contributed by atoms with E-state index in [1.165, 1.54) is 0 Å². The van der Waals surface area contributed by atoms with Crippen molar-refractivity contribution in [1.29, 1.82) is 0 Å². The molecule has 2 aromatic rings. The Bertz CT molecular complexity index is 869. The Kier molecular flexibility index (Phi) is 4.97. The molecule has 4 rings (SSSR count). The lowest BCUT2D eigenvalue weighted by Gasteiger charge is -2.32. The highest BCUT2D eigenvalue weighted by molar-refractivity contribution is 5.96. The maximum atomic E-state index is 13.2. The first kappa shape index (κ1) is 18.7. The first-order valence-corrected chi connectivity index (χ1v) is 9.51. The van der Waals surface area contributed by atoms with E-state index in [1.54, 1.807) is 17.1 Å². The average Bonchev–Trinajstić information content (AvgIpc) is 3.01. The number of rotatable bonds is 4. The summed E-state index contributed by atoms with van der Waals surface area (Å²) in [6, 6.07) is 13.4. The van der Waals surface area contributed by atoms with E-state index in [-0.39, 0.29) is 12.1 Å². The molecule has 2 heterocycles. The van der Waals surface area contributed by atoms with Gasteiger partial charge in [0.1, 0.15) is 19.4 Å². The van der Waals surface area contributed by atoms with Gasteiger partial charge in [-0.25, -0.2) is 0 Å². The first-order valence-electron chi connectivity index (χ1n) is 9.51. The van der Waals surface area contributed by atoms with Gasteiger partial charge in [0.15, 0.2) is 17.2 Å². The molecule has 2 aliphatic rings. The van der Waals surface area contributed by atoms with Crippen molar-refractivity contribution in [2.24, 2.45) is 0 Å². The number of amides is 1. The van der Waals surface area contributed by atoms with Gasteiger partial charge in [0.2, 0.25) is 0 Å². The van der Waals surface area contributed by atoms with Crippen LogP contribution >= 0.6 is 0 Å². The van der Waals surface area contributed by atoms with Gasteiger partial charge in [0, 0.05) is 11.1 Å². The van der Waals surface area contributed by atoms with Crippen molar-refractivity contribution in [2.75, 3.05) is 13.2 Å². The van der Waals surface area contributed by atoms with E-state index >= 15 is 0 Å². The monoisotopic (exact) mass is 383 g/mol. The van der Waals surface area contributed by atoms with Gasteiger partial charge in [-0.2, -0.15) is 10.5 Å². The van der Waals surface area contributed by atoms with Crippen LogP contribution in [0.2, 0.25) is 0 Å². The molecule has 2 aromatic carbocycles. The van der Waals surface area contributed by atoms with Crippen LogP contribution < -0.4 is 20.4 Å². The zero-order chi connectivity index (χ0) is 19.7. The predicted octanol–water partition coefficient (Wildman–Crippen LogP) is 2.94. The van der Waals surface area contributed by atoms with Crippen molar-refractivity contribution in [3.8, 4) is 11.5 Å². The smallest absolute Gasteiger partial charge is 0.266 e. The number of fused-ring (bicyclic) bond motifs is 1. The summed E-state index contributed by atoms with van der Waals surface area (Å²) < 4.78 is 11.4. The number of hydrazine groups is 1. The Hall–Kier alpha value is -2.61. The summed E-state index contributed by atoms with van der Waals surface area (Å²) in [6.45, 7) is 6.80. The zero-order valence-corrected chi connectivity index (χ0v) is 16.3. The molecule has 2 N–H and O–H groups in total. The van der Waals surface area contributed by atoms with Gasteiger partial charge in [-0.15, -0.1) is 0 Å². The van der Waals surface area contributed by atoms with Crippen molar-refractivity contribution in [1.82, 2.24) is 15.9 Å². The van der Waals surface area contributed by atoms with E-state index in [9.17, 15) is 4.79 Å². The van der Waals surface area contributed by atoms with E-state index in [1.807, 2.05) is 51.1 Å². The molecule has 7 heteroatoms. The molecule has 2 aliphatic heterocycles. The van der Waals surface area contributed by atoms with Crippen LogP contribution in [0.15, 0.2) is 42.5 Å². The maximum absolute atomic E-state index is 13.2. The fraction of sp³-hybridized carbons (Fsp3) is 0.381. The Morgan fingerprint density at radius 2 is 1.93 bits per heavy atom. The van der Waals surface area contributed by atoms with Gasteiger partial charge in [-0.1, -0.05) is 37.3 Å².